The topological polar surface area (TPSA) is 130 Å². The van der Waals surface area contributed by atoms with E-state index in [1.54, 1.807) is 20.8 Å². The zero-order valence-corrected chi connectivity index (χ0v) is 17.0. The number of rotatable bonds is 6. The van der Waals surface area contributed by atoms with Crippen molar-refractivity contribution in [3.8, 4) is 0 Å². The number of hydrogen-bond acceptors (Lipinski definition) is 6. The minimum Gasteiger partial charge on any atom is -0.444 e. The smallest absolute Gasteiger partial charge is 0.408 e. The number of amides is 3. The number of carbonyl (C=O) groups excluding carboxylic acids is 3. The lowest BCUT2D eigenvalue weighted by Crippen LogP contribution is -2.55. The van der Waals surface area contributed by atoms with Crippen molar-refractivity contribution >= 4 is 23.7 Å². The number of nitrogens with zero attached hydrogens (tertiary/aromatic N) is 2. The van der Waals surface area contributed by atoms with Gasteiger partial charge in [-0.05, 0) is 33.3 Å². The molecule has 0 aliphatic rings. The van der Waals surface area contributed by atoms with Crippen molar-refractivity contribution in [1.29, 1.82) is 0 Å². The van der Waals surface area contributed by atoms with E-state index in [9.17, 15) is 14.4 Å². The van der Waals surface area contributed by atoms with E-state index in [0.717, 1.165) is 10.5 Å². The maximum atomic E-state index is 13.3. The van der Waals surface area contributed by atoms with Crippen molar-refractivity contribution in [2.45, 2.75) is 51.8 Å². The molecule has 0 aliphatic carbocycles. The zero-order valence-electron chi connectivity index (χ0n) is 17.0. The van der Waals surface area contributed by atoms with E-state index >= 15 is 0 Å². The molecule has 3 amide bonds. The van der Waals surface area contributed by atoms with Crippen LogP contribution in [0.5, 0.6) is 0 Å². The van der Waals surface area contributed by atoms with Gasteiger partial charge in [0.2, 0.25) is 0 Å². The van der Waals surface area contributed by atoms with Gasteiger partial charge in [0.1, 0.15) is 11.6 Å². The molecule has 4 N–H and O–H groups in total. The fourth-order valence-corrected chi connectivity index (χ4v) is 2.57. The molecule has 29 heavy (non-hydrogen) atoms. The Labute approximate surface area is 169 Å². The van der Waals surface area contributed by atoms with E-state index in [4.69, 9.17) is 10.5 Å². The number of carbonyl (C=O) groups is 3. The third-order valence-electron chi connectivity index (χ3n) is 3.82. The molecule has 0 unspecified atom stereocenters. The Morgan fingerprint density at radius 2 is 1.83 bits per heavy atom. The van der Waals surface area contributed by atoms with Crippen molar-refractivity contribution in [3.05, 3.63) is 48.2 Å². The second kappa shape index (κ2) is 9.33. The van der Waals surface area contributed by atoms with E-state index in [-0.39, 0.29) is 12.2 Å². The first-order valence-corrected chi connectivity index (χ1v) is 9.25. The standard InChI is InChI=1S/C20H27N5O4/c1-13(21)17(26)25(16-10-11-22-24-16)18(27)15(12-14-8-6-5-7-9-14)23-19(28)29-20(2,3)4/h5-11,13,15H,12,21H2,1-4H3,(H,22,24)(H,23,28)/t13-,15-/m0/s1. The van der Waals surface area contributed by atoms with Gasteiger partial charge in [-0.1, -0.05) is 30.3 Å². The van der Waals surface area contributed by atoms with E-state index < -0.39 is 35.6 Å². The molecule has 0 fully saturated rings. The van der Waals surface area contributed by atoms with Crippen molar-refractivity contribution in [2.24, 2.45) is 5.73 Å². The van der Waals surface area contributed by atoms with Crippen LogP contribution in [0.1, 0.15) is 33.3 Å². The van der Waals surface area contributed by atoms with Crippen molar-refractivity contribution in [1.82, 2.24) is 15.5 Å². The van der Waals surface area contributed by atoms with Crippen LogP contribution in [0.25, 0.3) is 0 Å². The van der Waals surface area contributed by atoms with E-state index in [0.29, 0.717) is 0 Å². The first kappa shape index (κ1) is 22.1. The Bertz CT molecular complexity index is 828. The summed E-state index contributed by atoms with van der Waals surface area (Å²) in [6, 6.07) is 8.61. The van der Waals surface area contributed by atoms with Crippen LogP contribution in [-0.2, 0) is 20.7 Å². The van der Waals surface area contributed by atoms with Crippen LogP contribution in [0.15, 0.2) is 42.6 Å². The van der Waals surface area contributed by atoms with Gasteiger partial charge in [-0.25, -0.2) is 9.69 Å². The molecule has 0 spiro atoms. The number of H-pyrrole nitrogens is 1. The van der Waals surface area contributed by atoms with Gasteiger partial charge < -0.3 is 15.8 Å². The lowest BCUT2D eigenvalue weighted by Gasteiger charge is -2.27. The number of aromatic amines is 1. The number of benzene rings is 1. The number of ether oxygens (including phenoxy) is 1. The average molecular weight is 401 g/mol. The normalized spacial score (nSPS) is 13.3. The first-order valence-electron chi connectivity index (χ1n) is 9.25. The molecular weight excluding hydrogens is 374 g/mol. The summed E-state index contributed by atoms with van der Waals surface area (Å²) in [5.74, 6) is -1.19. The predicted octanol–water partition coefficient (Wildman–Crippen LogP) is 1.75. The maximum Gasteiger partial charge on any atom is 0.408 e. The molecule has 2 rings (SSSR count). The Balaban J connectivity index is 2.34. The van der Waals surface area contributed by atoms with Crippen LogP contribution < -0.4 is 16.0 Å². The van der Waals surface area contributed by atoms with Crippen LogP contribution in [-0.4, -0.2) is 45.8 Å². The fourth-order valence-electron chi connectivity index (χ4n) is 2.57. The number of hydrogen-bond donors (Lipinski definition) is 3. The third kappa shape index (κ3) is 6.42. The molecule has 1 aromatic heterocycles. The summed E-state index contributed by atoms with van der Waals surface area (Å²) >= 11 is 0. The third-order valence-corrected chi connectivity index (χ3v) is 3.82. The quantitative estimate of drug-likeness (QED) is 0.676. The highest BCUT2D eigenvalue weighted by molar-refractivity contribution is 6.17. The maximum absolute atomic E-state index is 13.3. The Hall–Kier alpha value is -3.20. The van der Waals surface area contributed by atoms with Gasteiger partial charge >= 0.3 is 6.09 Å². The van der Waals surface area contributed by atoms with Crippen LogP contribution in [0.3, 0.4) is 0 Å². The van der Waals surface area contributed by atoms with Crippen LogP contribution in [0, 0.1) is 0 Å². The molecule has 0 aliphatic heterocycles. The van der Waals surface area contributed by atoms with E-state index in [1.165, 1.54) is 19.2 Å². The summed E-state index contributed by atoms with van der Waals surface area (Å²) in [4.78, 5) is 39.2. The van der Waals surface area contributed by atoms with Crippen LogP contribution in [0.4, 0.5) is 10.6 Å². The molecule has 0 saturated heterocycles. The fraction of sp³-hybridized carbons (Fsp3) is 0.400. The number of aromatic nitrogens is 2. The number of nitrogens with one attached hydrogen (secondary N) is 2. The molecule has 1 aromatic carbocycles. The number of imide groups is 1. The van der Waals surface area contributed by atoms with Crippen molar-refractivity contribution < 1.29 is 19.1 Å². The molecule has 9 nitrogen and oxygen atoms in total. The Morgan fingerprint density at radius 3 is 2.34 bits per heavy atom. The second-order valence-corrected chi connectivity index (χ2v) is 7.62. The molecule has 1 heterocycles. The first-order chi connectivity index (χ1) is 13.6. The van der Waals surface area contributed by atoms with E-state index in [2.05, 4.69) is 15.5 Å². The van der Waals surface area contributed by atoms with Gasteiger partial charge in [-0.2, -0.15) is 5.10 Å². The van der Waals surface area contributed by atoms with Crippen molar-refractivity contribution in [3.63, 3.8) is 0 Å². The van der Waals surface area contributed by atoms with Crippen LogP contribution >= 0.6 is 0 Å². The zero-order chi connectivity index (χ0) is 21.6. The summed E-state index contributed by atoms with van der Waals surface area (Å²) < 4.78 is 5.28. The highest BCUT2D eigenvalue weighted by Crippen LogP contribution is 2.15. The minimum atomic E-state index is -1.06. The molecule has 0 bridgehead atoms. The molecule has 9 heteroatoms. The van der Waals surface area contributed by atoms with Gasteiger partial charge in [0.05, 0.1) is 6.04 Å². The minimum absolute atomic E-state index is 0.0985. The second-order valence-electron chi connectivity index (χ2n) is 7.62. The highest BCUT2D eigenvalue weighted by Gasteiger charge is 2.34. The Kier molecular flexibility index (Phi) is 7.11. The summed E-state index contributed by atoms with van der Waals surface area (Å²) in [5, 5.41) is 9.07. The number of anilines is 1. The molecule has 156 valence electrons. The summed E-state index contributed by atoms with van der Waals surface area (Å²) in [7, 11) is 0. The van der Waals surface area contributed by atoms with Gasteiger partial charge in [0.15, 0.2) is 5.82 Å². The summed E-state index contributed by atoms with van der Waals surface area (Å²) in [6.07, 6.45) is 0.880. The highest BCUT2D eigenvalue weighted by atomic mass is 16.6. The monoisotopic (exact) mass is 401 g/mol. The van der Waals surface area contributed by atoms with Crippen molar-refractivity contribution in [2.75, 3.05) is 4.90 Å². The van der Waals surface area contributed by atoms with E-state index in [1.807, 2.05) is 30.3 Å². The summed E-state index contributed by atoms with van der Waals surface area (Å²) in [6.45, 7) is 6.63. The van der Waals surface area contributed by atoms with Crippen LogP contribution in [0.2, 0.25) is 0 Å². The summed E-state index contributed by atoms with van der Waals surface area (Å²) in [5.41, 5.74) is 5.79. The largest absolute Gasteiger partial charge is 0.444 e. The van der Waals surface area contributed by atoms with Gasteiger partial charge in [0.25, 0.3) is 11.8 Å². The SMILES string of the molecule is C[C@H](N)C(=O)N(C(=O)[C@H](Cc1ccccc1)NC(=O)OC(C)(C)C)c1cc[nH]n1. The number of alkyl carbamates (subject to hydrolysis) is 1. The molecule has 2 aromatic rings. The average Bonchev–Trinajstić information content (AvgIpc) is 3.14. The predicted molar refractivity (Wildman–Crippen MR) is 108 cm³/mol. The molecule has 2 atom stereocenters. The van der Waals surface area contributed by atoms with Gasteiger partial charge in [-0.3, -0.25) is 14.7 Å². The molecule has 0 radical (unpaired) electrons. The molecule has 0 saturated carbocycles. The lowest BCUT2D eigenvalue weighted by molar-refractivity contribution is -0.128. The van der Waals surface area contributed by atoms with Gasteiger partial charge in [0, 0.05) is 18.7 Å². The number of nitrogens with two attached hydrogens (primary N) is 1. The Morgan fingerprint density at radius 1 is 1.17 bits per heavy atom. The van der Waals surface area contributed by atoms with Gasteiger partial charge in [-0.15, -0.1) is 0 Å². The molecular formula is C20H27N5O4. The lowest BCUT2D eigenvalue weighted by atomic mass is 10.0.